The lowest BCUT2D eigenvalue weighted by Gasteiger charge is -2.13. The first-order chi connectivity index (χ1) is 20.8. The normalized spacial score (nSPS) is 11.3. The molecule has 0 N–H and O–H groups in total. The Morgan fingerprint density at radius 3 is 1.60 bits per heavy atom. The van der Waals surface area contributed by atoms with Crippen LogP contribution < -0.4 is 0 Å². The molecule has 0 aliphatic rings. The summed E-state index contributed by atoms with van der Waals surface area (Å²) in [6.45, 7) is 0. The van der Waals surface area contributed by atoms with Crippen molar-refractivity contribution in [3.05, 3.63) is 152 Å². The average Bonchev–Trinajstić information content (AvgIpc) is 3.09. The lowest BCUT2D eigenvalue weighted by molar-refractivity contribution is 1.17. The van der Waals surface area contributed by atoms with Crippen LogP contribution in [-0.2, 0) is 0 Å². The highest BCUT2D eigenvalue weighted by Gasteiger charge is 2.12. The molecular formula is C39H25N3. The molecule has 0 unspecified atom stereocenters. The topological polar surface area (TPSA) is 38.7 Å². The third-order valence-corrected chi connectivity index (χ3v) is 8.07. The summed E-state index contributed by atoms with van der Waals surface area (Å²) >= 11 is 0. The van der Waals surface area contributed by atoms with Crippen LogP contribution in [0.5, 0.6) is 0 Å². The largest absolute Gasteiger partial charge is 0.265 e. The maximum absolute atomic E-state index is 4.90. The van der Waals surface area contributed by atoms with E-state index in [-0.39, 0.29) is 0 Å². The van der Waals surface area contributed by atoms with Crippen molar-refractivity contribution in [2.45, 2.75) is 0 Å². The maximum atomic E-state index is 4.90. The highest BCUT2D eigenvalue weighted by Crippen LogP contribution is 2.38. The van der Waals surface area contributed by atoms with E-state index in [9.17, 15) is 0 Å². The van der Waals surface area contributed by atoms with Gasteiger partial charge in [0.05, 0.1) is 5.69 Å². The second-order valence-corrected chi connectivity index (χ2v) is 10.5. The Morgan fingerprint density at radius 2 is 0.905 bits per heavy atom. The summed E-state index contributed by atoms with van der Waals surface area (Å²) in [5.74, 6) is 0.691. The van der Waals surface area contributed by atoms with Gasteiger partial charge in [0.1, 0.15) is 0 Å². The number of hydrogen-bond donors (Lipinski definition) is 0. The molecule has 0 amide bonds. The van der Waals surface area contributed by atoms with Crippen molar-refractivity contribution in [3.8, 4) is 44.9 Å². The standard InChI is InChI=1S/C39H25N3/c1-6-12-36(38-21-24-41-39(42-38)28-19-22-40-23-20-28)30(7-1)27-15-13-26(14-16-27)29-17-18-35-33-10-3-2-8-31(33)32-9-4-5-11-34(32)37(35)25-29/h1-25H. The number of benzene rings is 6. The number of hydrogen-bond acceptors (Lipinski definition) is 3. The van der Waals surface area contributed by atoms with Gasteiger partial charge in [-0.1, -0.05) is 109 Å². The van der Waals surface area contributed by atoms with Gasteiger partial charge >= 0.3 is 0 Å². The van der Waals surface area contributed by atoms with Crippen LogP contribution in [0.3, 0.4) is 0 Å². The van der Waals surface area contributed by atoms with Crippen LogP contribution >= 0.6 is 0 Å². The Labute approximate surface area is 243 Å². The quantitative estimate of drug-likeness (QED) is 0.211. The first kappa shape index (κ1) is 24.2. The van der Waals surface area contributed by atoms with Gasteiger partial charge in [-0.05, 0) is 78.8 Å². The van der Waals surface area contributed by atoms with E-state index in [4.69, 9.17) is 4.98 Å². The molecule has 3 heteroatoms. The molecule has 196 valence electrons. The highest BCUT2D eigenvalue weighted by molar-refractivity contribution is 6.25. The highest BCUT2D eigenvalue weighted by atomic mass is 14.9. The summed E-state index contributed by atoms with van der Waals surface area (Å²) in [7, 11) is 0. The van der Waals surface area contributed by atoms with Crippen LogP contribution in [0.25, 0.3) is 77.2 Å². The molecule has 8 aromatic rings. The smallest absolute Gasteiger partial charge is 0.159 e. The van der Waals surface area contributed by atoms with Gasteiger partial charge in [-0.2, -0.15) is 0 Å². The van der Waals surface area contributed by atoms with Crippen molar-refractivity contribution in [2.24, 2.45) is 0 Å². The van der Waals surface area contributed by atoms with Gasteiger partial charge in [0, 0.05) is 29.7 Å². The third-order valence-electron chi connectivity index (χ3n) is 8.07. The molecule has 2 heterocycles. The van der Waals surface area contributed by atoms with Crippen LogP contribution in [-0.4, -0.2) is 15.0 Å². The molecule has 0 saturated carbocycles. The monoisotopic (exact) mass is 535 g/mol. The Morgan fingerprint density at radius 1 is 0.357 bits per heavy atom. The molecule has 0 bridgehead atoms. The SMILES string of the molecule is c1ccc(-c2ccnc(-c3ccncc3)n2)c(-c2ccc(-c3ccc4c5ccccc5c5ccccc5c4c3)cc2)c1. The molecule has 0 fully saturated rings. The predicted octanol–water partition coefficient (Wildman–Crippen LogP) is 10.00. The molecule has 0 saturated heterocycles. The lowest BCUT2D eigenvalue weighted by atomic mass is 9.91. The Bertz CT molecular complexity index is 2200. The van der Waals surface area contributed by atoms with E-state index in [1.54, 1.807) is 12.4 Å². The van der Waals surface area contributed by atoms with Crippen molar-refractivity contribution in [2.75, 3.05) is 0 Å². The van der Waals surface area contributed by atoms with Crippen molar-refractivity contribution in [1.82, 2.24) is 15.0 Å². The first-order valence-electron chi connectivity index (χ1n) is 14.1. The van der Waals surface area contributed by atoms with E-state index in [0.717, 1.165) is 27.9 Å². The summed E-state index contributed by atoms with van der Waals surface area (Å²) in [4.78, 5) is 13.5. The molecule has 0 radical (unpaired) electrons. The van der Waals surface area contributed by atoms with E-state index in [2.05, 4.69) is 125 Å². The molecule has 0 aliphatic heterocycles. The van der Waals surface area contributed by atoms with E-state index in [0.29, 0.717) is 5.82 Å². The van der Waals surface area contributed by atoms with Crippen molar-refractivity contribution < 1.29 is 0 Å². The summed E-state index contributed by atoms with van der Waals surface area (Å²) in [6, 6.07) is 47.4. The van der Waals surface area contributed by atoms with E-state index < -0.39 is 0 Å². The van der Waals surface area contributed by atoms with Gasteiger partial charge in [0.15, 0.2) is 5.82 Å². The summed E-state index contributed by atoms with van der Waals surface area (Å²) < 4.78 is 0. The molecule has 0 atom stereocenters. The van der Waals surface area contributed by atoms with Crippen LogP contribution in [0.1, 0.15) is 0 Å². The predicted molar refractivity (Wildman–Crippen MR) is 174 cm³/mol. The molecule has 0 aliphatic carbocycles. The molecule has 42 heavy (non-hydrogen) atoms. The number of fused-ring (bicyclic) bond motifs is 6. The zero-order chi connectivity index (χ0) is 27.9. The van der Waals surface area contributed by atoms with Crippen LogP contribution in [0, 0.1) is 0 Å². The van der Waals surface area contributed by atoms with Crippen molar-refractivity contribution in [1.29, 1.82) is 0 Å². The Balaban J connectivity index is 1.20. The molecular weight excluding hydrogens is 510 g/mol. The summed E-state index contributed by atoms with van der Waals surface area (Å²) in [6.07, 6.45) is 5.35. The molecule has 3 nitrogen and oxygen atoms in total. The lowest BCUT2D eigenvalue weighted by Crippen LogP contribution is -1.93. The van der Waals surface area contributed by atoms with Crippen LogP contribution in [0.4, 0.5) is 0 Å². The van der Waals surface area contributed by atoms with E-state index in [1.165, 1.54) is 43.4 Å². The number of aromatic nitrogens is 3. The van der Waals surface area contributed by atoms with Crippen LogP contribution in [0.15, 0.2) is 152 Å². The summed E-state index contributed by atoms with van der Waals surface area (Å²) in [5.41, 5.74) is 7.61. The first-order valence-corrected chi connectivity index (χ1v) is 14.1. The fourth-order valence-electron chi connectivity index (χ4n) is 6.04. The maximum Gasteiger partial charge on any atom is 0.159 e. The zero-order valence-corrected chi connectivity index (χ0v) is 22.8. The number of nitrogens with zero attached hydrogens (tertiary/aromatic N) is 3. The van der Waals surface area contributed by atoms with Gasteiger partial charge < -0.3 is 0 Å². The second-order valence-electron chi connectivity index (χ2n) is 10.5. The molecule has 6 aromatic carbocycles. The molecule has 8 rings (SSSR count). The minimum Gasteiger partial charge on any atom is -0.265 e. The fraction of sp³-hybridized carbons (Fsp3) is 0. The van der Waals surface area contributed by atoms with Crippen LogP contribution in [0.2, 0.25) is 0 Å². The van der Waals surface area contributed by atoms with E-state index >= 15 is 0 Å². The summed E-state index contributed by atoms with van der Waals surface area (Å²) in [5, 5.41) is 7.74. The number of rotatable bonds is 4. The Hall–Kier alpha value is -5.67. The van der Waals surface area contributed by atoms with Crippen molar-refractivity contribution in [3.63, 3.8) is 0 Å². The van der Waals surface area contributed by atoms with Gasteiger partial charge in [0.25, 0.3) is 0 Å². The zero-order valence-electron chi connectivity index (χ0n) is 22.8. The minimum absolute atomic E-state index is 0.691. The van der Waals surface area contributed by atoms with Crippen molar-refractivity contribution >= 4 is 32.3 Å². The molecule has 2 aromatic heterocycles. The fourth-order valence-corrected chi connectivity index (χ4v) is 6.04. The average molecular weight is 536 g/mol. The minimum atomic E-state index is 0.691. The molecule has 0 spiro atoms. The van der Waals surface area contributed by atoms with Gasteiger partial charge in [-0.25, -0.2) is 9.97 Å². The van der Waals surface area contributed by atoms with Gasteiger partial charge in [-0.15, -0.1) is 0 Å². The second kappa shape index (κ2) is 10.1. The van der Waals surface area contributed by atoms with Gasteiger partial charge in [0.2, 0.25) is 0 Å². The number of pyridine rings is 1. The third kappa shape index (κ3) is 4.11. The van der Waals surface area contributed by atoms with E-state index in [1.807, 2.05) is 24.4 Å². The van der Waals surface area contributed by atoms with Gasteiger partial charge in [-0.3, -0.25) is 4.98 Å². The Kier molecular flexibility index (Phi) is 5.79.